The molecule has 2 aromatic rings. The number of hydrogen-bond donors (Lipinski definition) is 2. The predicted molar refractivity (Wildman–Crippen MR) is 115 cm³/mol. The molecule has 0 atom stereocenters. The van der Waals surface area contributed by atoms with Crippen molar-refractivity contribution in [3.05, 3.63) is 70.3 Å². The molecule has 0 bridgehead atoms. The number of guanidine groups is 1. The number of nitrogens with one attached hydrogen (secondary N) is 2. The molecule has 9 nitrogen and oxygen atoms in total. The van der Waals surface area contributed by atoms with Gasteiger partial charge in [0.05, 0.1) is 32.8 Å². The molecule has 2 N–H and O–H groups in total. The third-order valence-corrected chi connectivity index (χ3v) is 4.17. The zero-order valence-electron chi connectivity index (χ0n) is 17.3. The molecule has 0 aliphatic carbocycles. The molecule has 2 aromatic carbocycles. The van der Waals surface area contributed by atoms with Crippen LogP contribution in [0.15, 0.2) is 54.0 Å². The fraction of sp³-hybridized carbons (Fsp3) is 0.286. The predicted octanol–water partition coefficient (Wildman–Crippen LogP) is 3.04. The van der Waals surface area contributed by atoms with Crippen LogP contribution in [-0.4, -0.2) is 38.8 Å². The zero-order valence-corrected chi connectivity index (χ0v) is 17.3. The van der Waals surface area contributed by atoms with Crippen molar-refractivity contribution in [2.45, 2.75) is 13.1 Å². The molecule has 0 aliphatic heterocycles. The maximum Gasteiger partial charge on any atom is 0.269 e. The van der Waals surface area contributed by atoms with Crippen molar-refractivity contribution in [1.29, 1.82) is 0 Å². The van der Waals surface area contributed by atoms with E-state index in [9.17, 15) is 10.1 Å². The average Bonchev–Trinajstić information content (AvgIpc) is 2.77. The first-order chi connectivity index (χ1) is 14.5. The number of rotatable bonds is 10. The van der Waals surface area contributed by atoms with Crippen LogP contribution in [0.2, 0.25) is 0 Å². The van der Waals surface area contributed by atoms with Crippen molar-refractivity contribution < 1.29 is 19.1 Å². The van der Waals surface area contributed by atoms with Crippen molar-refractivity contribution in [3.8, 4) is 17.2 Å². The zero-order chi connectivity index (χ0) is 21.9. The third-order valence-electron chi connectivity index (χ3n) is 4.17. The van der Waals surface area contributed by atoms with Gasteiger partial charge in [-0.15, -0.1) is 6.58 Å². The van der Waals surface area contributed by atoms with Crippen molar-refractivity contribution >= 4 is 11.6 Å². The van der Waals surface area contributed by atoms with Crippen LogP contribution in [0.25, 0.3) is 0 Å². The van der Waals surface area contributed by atoms with E-state index in [2.05, 4.69) is 22.2 Å². The summed E-state index contributed by atoms with van der Waals surface area (Å²) in [6, 6.07) is 10.0. The Morgan fingerprint density at radius 1 is 1.07 bits per heavy atom. The van der Waals surface area contributed by atoms with Crippen LogP contribution in [0.4, 0.5) is 5.69 Å². The highest BCUT2D eigenvalue weighted by Gasteiger charge is 2.13. The maximum absolute atomic E-state index is 10.8. The standard InChI is InChI=1S/C21H26N4O5/c1-5-10-22-21(23-13-15-6-8-17(9-7-15)25(26)27)24-14-16-11-18(28-2)20(30-4)19(12-16)29-3/h5-9,11-12H,1,10,13-14H2,2-4H3,(H2,22,23,24). The molecule has 0 amide bonds. The molecular weight excluding hydrogens is 388 g/mol. The van der Waals surface area contributed by atoms with Gasteiger partial charge in [0.1, 0.15) is 0 Å². The van der Waals surface area contributed by atoms with Gasteiger partial charge in [0.2, 0.25) is 5.75 Å². The Morgan fingerprint density at radius 2 is 1.70 bits per heavy atom. The first kappa shape index (κ1) is 22.5. The normalized spacial score (nSPS) is 10.8. The minimum atomic E-state index is -0.423. The number of nitrogens with zero attached hydrogens (tertiary/aromatic N) is 2. The number of ether oxygens (including phenoxy) is 3. The Balaban J connectivity index is 2.14. The summed E-state index contributed by atoms with van der Waals surface area (Å²) in [6.45, 7) is 5.05. The lowest BCUT2D eigenvalue weighted by atomic mass is 10.2. The van der Waals surface area contributed by atoms with Gasteiger partial charge in [-0.3, -0.25) is 10.1 Å². The minimum absolute atomic E-state index is 0.0554. The fourth-order valence-electron chi connectivity index (χ4n) is 2.66. The lowest BCUT2D eigenvalue weighted by molar-refractivity contribution is -0.384. The van der Waals surface area contributed by atoms with Crippen molar-refractivity contribution in [2.24, 2.45) is 4.99 Å². The Kier molecular flexibility index (Phi) is 8.49. The number of methoxy groups -OCH3 is 3. The summed E-state index contributed by atoms with van der Waals surface area (Å²) in [4.78, 5) is 14.9. The Labute approximate surface area is 175 Å². The van der Waals surface area contributed by atoms with Crippen LogP contribution in [-0.2, 0) is 13.1 Å². The highest BCUT2D eigenvalue weighted by Crippen LogP contribution is 2.38. The second-order valence-corrected chi connectivity index (χ2v) is 6.15. The maximum atomic E-state index is 10.8. The molecular formula is C21H26N4O5. The number of non-ortho nitro benzene ring substituents is 1. The van der Waals surface area contributed by atoms with Crippen LogP contribution in [0, 0.1) is 10.1 Å². The van der Waals surface area contributed by atoms with E-state index in [0.717, 1.165) is 11.1 Å². The second-order valence-electron chi connectivity index (χ2n) is 6.15. The smallest absolute Gasteiger partial charge is 0.269 e. The molecule has 9 heteroatoms. The number of hydrogen-bond acceptors (Lipinski definition) is 6. The van der Waals surface area contributed by atoms with E-state index in [0.29, 0.717) is 42.8 Å². The van der Waals surface area contributed by atoms with Gasteiger partial charge < -0.3 is 24.8 Å². The van der Waals surface area contributed by atoms with E-state index in [1.807, 2.05) is 12.1 Å². The van der Waals surface area contributed by atoms with E-state index < -0.39 is 4.92 Å². The van der Waals surface area contributed by atoms with Crippen LogP contribution in [0.1, 0.15) is 11.1 Å². The Hall–Kier alpha value is -3.75. The van der Waals surface area contributed by atoms with Gasteiger partial charge in [-0.25, -0.2) is 4.99 Å². The summed E-state index contributed by atoms with van der Waals surface area (Å²) in [5.74, 6) is 2.21. The molecule has 30 heavy (non-hydrogen) atoms. The van der Waals surface area contributed by atoms with Gasteiger partial charge >= 0.3 is 0 Å². The summed E-state index contributed by atoms with van der Waals surface area (Å²) in [5.41, 5.74) is 1.82. The van der Waals surface area contributed by atoms with Gasteiger partial charge in [0.15, 0.2) is 17.5 Å². The van der Waals surface area contributed by atoms with Crippen LogP contribution >= 0.6 is 0 Å². The summed E-state index contributed by atoms with van der Waals surface area (Å²) in [6.07, 6.45) is 1.72. The molecule has 0 saturated heterocycles. The van der Waals surface area contributed by atoms with E-state index in [-0.39, 0.29) is 5.69 Å². The van der Waals surface area contributed by atoms with Crippen LogP contribution < -0.4 is 24.8 Å². The Bertz CT molecular complexity index is 872. The first-order valence-corrected chi connectivity index (χ1v) is 9.17. The summed E-state index contributed by atoms with van der Waals surface area (Å²) < 4.78 is 16.1. The van der Waals surface area contributed by atoms with Crippen molar-refractivity contribution in [1.82, 2.24) is 10.6 Å². The van der Waals surface area contributed by atoms with E-state index in [1.54, 1.807) is 39.5 Å². The van der Waals surface area contributed by atoms with Crippen LogP contribution in [0.5, 0.6) is 17.2 Å². The molecule has 2 rings (SSSR count). The topological polar surface area (TPSA) is 107 Å². The molecule has 0 fully saturated rings. The number of benzene rings is 2. The summed E-state index contributed by atoms with van der Waals surface area (Å²) in [5, 5.41) is 17.1. The highest BCUT2D eigenvalue weighted by atomic mass is 16.6. The molecule has 0 spiro atoms. The number of aliphatic imine (C=N–C) groups is 1. The quantitative estimate of drug-likeness (QED) is 0.202. The first-order valence-electron chi connectivity index (χ1n) is 9.17. The molecule has 160 valence electrons. The summed E-state index contributed by atoms with van der Waals surface area (Å²) in [7, 11) is 4.68. The van der Waals surface area contributed by atoms with Gasteiger partial charge in [-0.2, -0.15) is 0 Å². The molecule has 0 aliphatic rings. The van der Waals surface area contributed by atoms with Gasteiger partial charge in [0, 0.05) is 25.2 Å². The molecule has 0 saturated carbocycles. The highest BCUT2D eigenvalue weighted by molar-refractivity contribution is 5.80. The third kappa shape index (κ3) is 6.13. The van der Waals surface area contributed by atoms with Gasteiger partial charge in [0.25, 0.3) is 5.69 Å². The average molecular weight is 414 g/mol. The molecule has 0 aromatic heterocycles. The lowest BCUT2D eigenvalue weighted by Crippen LogP contribution is -2.37. The van der Waals surface area contributed by atoms with Gasteiger partial charge in [-0.05, 0) is 23.3 Å². The second kappa shape index (κ2) is 11.3. The largest absolute Gasteiger partial charge is 0.493 e. The fourth-order valence-corrected chi connectivity index (χ4v) is 2.66. The summed E-state index contributed by atoms with van der Waals surface area (Å²) >= 11 is 0. The lowest BCUT2D eigenvalue weighted by Gasteiger charge is -2.14. The van der Waals surface area contributed by atoms with Gasteiger partial charge in [-0.1, -0.05) is 18.2 Å². The van der Waals surface area contributed by atoms with Crippen LogP contribution in [0.3, 0.4) is 0 Å². The van der Waals surface area contributed by atoms with Crippen molar-refractivity contribution in [2.75, 3.05) is 27.9 Å². The number of nitro benzene ring substituents is 1. The van der Waals surface area contributed by atoms with E-state index in [1.165, 1.54) is 12.1 Å². The number of nitro groups is 1. The molecule has 0 unspecified atom stereocenters. The SMILES string of the molecule is C=CCNC(=NCc1cc(OC)c(OC)c(OC)c1)NCc1ccc([N+](=O)[O-])cc1. The molecule has 0 heterocycles. The van der Waals surface area contributed by atoms with E-state index >= 15 is 0 Å². The molecule has 0 radical (unpaired) electrons. The van der Waals surface area contributed by atoms with Crippen molar-refractivity contribution in [3.63, 3.8) is 0 Å². The monoisotopic (exact) mass is 414 g/mol. The minimum Gasteiger partial charge on any atom is -0.493 e. The van der Waals surface area contributed by atoms with E-state index in [4.69, 9.17) is 14.2 Å². The Morgan fingerprint density at radius 3 is 2.20 bits per heavy atom.